The van der Waals surface area contributed by atoms with Gasteiger partial charge in [0.05, 0.1) is 6.61 Å². The molecular weight excluding hydrogens is 370 g/mol. The lowest BCUT2D eigenvalue weighted by molar-refractivity contribution is -0.147. The Kier molecular flexibility index (Phi) is 12.3. The number of rotatable bonds is 10. The molecule has 0 amide bonds. The first-order valence-corrected chi connectivity index (χ1v) is 8.50. The summed E-state index contributed by atoms with van der Waals surface area (Å²) < 4.78 is 4.98. The molecule has 0 aliphatic carbocycles. The molecule has 0 bridgehead atoms. The lowest BCUT2D eigenvalue weighted by Crippen LogP contribution is -2.46. The Balaban J connectivity index is 0.000000769. The summed E-state index contributed by atoms with van der Waals surface area (Å²) in [5.74, 6) is -3.91. The molecule has 0 spiro atoms. The fraction of sp³-hybridized carbons (Fsp3) is 0.368. The summed E-state index contributed by atoms with van der Waals surface area (Å²) in [5, 5.41) is 27.3. The third-order valence-electron chi connectivity index (χ3n) is 3.33. The lowest BCUT2D eigenvalue weighted by Gasteiger charge is -2.19. The maximum absolute atomic E-state index is 11.8. The molecule has 0 radical (unpaired) electrons. The third kappa shape index (κ3) is 12.2. The van der Waals surface area contributed by atoms with Gasteiger partial charge in [-0.05, 0) is 32.3 Å². The molecule has 0 fully saturated rings. The molecule has 0 unspecified atom stereocenters. The van der Waals surface area contributed by atoms with Crippen molar-refractivity contribution < 1.29 is 39.2 Å². The number of carbonyl (C=O) groups is 4. The van der Waals surface area contributed by atoms with Crippen LogP contribution < -0.4 is 5.32 Å². The highest BCUT2D eigenvalue weighted by atomic mass is 16.5. The van der Waals surface area contributed by atoms with Crippen LogP contribution in [0.4, 0.5) is 0 Å². The van der Waals surface area contributed by atoms with Gasteiger partial charge >= 0.3 is 23.9 Å². The number of carboxylic acid groups (broad SMARTS) is 3. The van der Waals surface area contributed by atoms with E-state index in [1.54, 1.807) is 6.92 Å². The van der Waals surface area contributed by atoms with Crippen molar-refractivity contribution in [2.24, 2.45) is 0 Å². The SMILES string of the molecule is CCOC(=O)[C@H](CCc1ccccc1)N[C@@H](C)C(=O)O.O=C(O)/C=C\C(=O)O. The number of benzene rings is 1. The summed E-state index contributed by atoms with van der Waals surface area (Å²) >= 11 is 0. The predicted molar refractivity (Wildman–Crippen MR) is 99.8 cm³/mol. The largest absolute Gasteiger partial charge is 0.480 e. The minimum absolute atomic E-state index is 0.282. The van der Waals surface area contributed by atoms with Crippen molar-refractivity contribution in [1.29, 1.82) is 0 Å². The van der Waals surface area contributed by atoms with E-state index in [0.29, 0.717) is 25.0 Å². The smallest absolute Gasteiger partial charge is 0.328 e. The van der Waals surface area contributed by atoms with E-state index in [0.717, 1.165) is 5.56 Å². The normalized spacial score (nSPS) is 12.4. The number of aryl methyl sites for hydroxylation is 1. The number of hydrogen-bond acceptors (Lipinski definition) is 6. The summed E-state index contributed by atoms with van der Waals surface area (Å²) in [6, 6.07) is 8.34. The number of carbonyl (C=O) groups excluding carboxylic acids is 1. The molecule has 0 saturated carbocycles. The van der Waals surface area contributed by atoms with E-state index in [9.17, 15) is 19.2 Å². The lowest BCUT2D eigenvalue weighted by atomic mass is 10.0. The number of hydrogen-bond donors (Lipinski definition) is 4. The van der Waals surface area contributed by atoms with E-state index in [4.69, 9.17) is 20.1 Å². The zero-order valence-electron chi connectivity index (χ0n) is 15.7. The van der Waals surface area contributed by atoms with Crippen LogP contribution in [0.25, 0.3) is 0 Å². The Morgan fingerprint density at radius 2 is 1.57 bits per heavy atom. The van der Waals surface area contributed by atoms with E-state index in [2.05, 4.69) is 5.32 Å². The second kappa shape index (κ2) is 13.9. The number of carboxylic acids is 3. The average molecular weight is 395 g/mol. The molecule has 1 rings (SSSR count). The van der Waals surface area contributed by atoms with Crippen molar-refractivity contribution in [2.45, 2.75) is 38.8 Å². The Morgan fingerprint density at radius 1 is 1.04 bits per heavy atom. The Labute approximate surface area is 162 Å². The maximum atomic E-state index is 11.8. The summed E-state index contributed by atoms with van der Waals surface area (Å²) in [7, 11) is 0. The van der Waals surface area contributed by atoms with E-state index < -0.39 is 36.0 Å². The van der Waals surface area contributed by atoms with Gasteiger partial charge in [-0.15, -0.1) is 0 Å². The van der Waals surface area contributed by atoms with Crippen LogP contribution in [0.5, 0.6) is 0 Å². The van der Waals surface area contributed by atoms with Gasteiger partial charge in [0.2, 0.25) is 0 Å². The summed E-state index contributed by atoms with van der Waals surface area (Å²) in [6.45, 7) is 3.52. The van der Waals surface area contributed by atoms with Gasteiger partial charge in [-0.2, -0.15) is 0 Å². The predicted octanol–water partition coefficient (Wildman–Crippen LogP) is 1.33. The first kappa shape index (κ1) is 24.8. The number of nitrogens with one attached hydrogen (secondary N) is 1. The van der Waals surface area contributed by atoms with Crippen molar-refractivity contribution in [3.63, 3.8) is 0 Å². The van der Waals surface area contributed by atoms with Crippen LogP contribution in [0.15, 0.2) is 42.5 Å². The van der Waals surface area contributed by atoms with Crippen LogP contribution in [0, 0.1) is 0 Å². The van der Waals surface area contributed by atoms with Crippen LogP contribution in [-0.4, -0.2) is 57.9 Å². The highest BCUT2D eigenvalue weighted by Crippen LogP contribution is 2.07. The van der Waals surface area contributed by atoms with Crippen molar-refractivity contribution in [1.82, 2.24) is 5.32 Å². The molecule has 1 aromatic rings. The summed E-state index contributed by atoms with van der Waals surface area (Å²) in [4.78, 5) is 41.8. The molecule has 0 heterocycles. The van der Waals surface area contributed by atoms with Crippen LogP contribution >= 0.6 is 0 Å². The minimum Gasteiger partial charge on any atom is -0.480 e. The molecule has 4 N–H and O–H groups in total. The first-order chi connectivity index (χ1) is 13.2. The van der Waals surface area contributed by atoms with Crippen molar-refractivity contribution in [3.8, 4) is 0 Å². The summed E-state index contributed by atoms with van der Waals surface area (Å²) in [5.41, 5.74) is 1.10. The van der Waals surface area contributed by atoms with E-state index in [1.807, 2.05) is 30.3 Å². The molecule has 0 aliphatic rings. The van der Waals surface area contributed by atoms with Gasteiger partial charge in [0.25, 0.3) is 0 Å². The zero-order chi connectivity index (χ0) is 21.5. The van der Waals surface area contributed by atoms with Gasteiger partial charge in [0.1, 0.15) is 12.1 Å². The monoisotopic (exact) mass is 395 g/mol. The molecule has 1 aromatic carbocycles. The average Bonchev–Trinajstić information content (AvgIpc) is 2.64. The van der Waals surface area contributed by atoms with Gasteiger partial charge in [-0.3, -0.25) is 14.9 Å². The molecule has 2 atom stereocenters. The van der Waals surface area contributed by atoms with Crippen molar-refractivity contribution in [3.05, 3.63) is 48.0 Å². The summed E-state index contributed by atoms with van der Waals surface area (Å²) in [6.07, 6.45) is 2.30. The standard InChI is InChI=1S/C15H21NO4.C4H4O4/c1-3-20-15(19)13(16-11(2)14(17)18)10-9-12-7-5-4-6-8-12;5-3(6)1-2-4(7)8/h4-8,11,13,16H,3,9-10H2,1-2H3,(H,17,18);1-2H,(H,5,6)(H,7,8)/b;2-1-/t11-,13-;/m0./s1. The van der Waals surface area contributed by atoms with Gasteiger partial charge in [0.15, 0.2) is 0 Å². The highest BCUT2D eigenvalue weighted by molar-refractivity contribution is 5.89. The van der Waals surface area contributed by atoms with Gasteiger partial charge in [0, 0.05) is 12.2 Å². The Hall–Kier alpha value is -3.20. The Morgan fingerprint density at radius 3 is 2.00 bits per heavy atom. The minimum atomic E-state index is -1.26. The second-order valence-corrected chi connectivity index (χ2v) is 5.57. The van der Waals surface area contributed by atoms with Crippen molar-refractivity contribution in [2.75, 3.05) is 6.61 Å². The third-order valence-corrected chi connectivity index (χ3v) is 3.33. The van der Waals surface area contributed by atoms with Crippen LogP contribution in [-0.2, 0) is 30.3 Å². The first-order valence-electron chi connectivity index (χ1n) is 8.50. The van der Waals surface area contributed by atoms with E-state index in [1.165, 1.54) is 6.92 Å². The maximum Gasteiger partial charge on any atom is 0.328 e. The van der Waals surface area contributed by atoms with Gasteiger partial charge < -0.3 is 20.1 Å². The Bertz CT molecular complexity index is 656. The molecule has 0 aromatic heterocycles. The molecule has 9 heteroatoms. The fourth-order valence-corrected chi connectivity index (χ4v) is 1.98. The number of aliphatic carboxylic acids is 3. The molecule has 0 saturated heterocycles. The van der Waals surface area contributed by atoms with Crippen LogP contribution in [0.3, 0.4) is 0 Å². The number of ether oxygens (including phenoxy) is 1. The zero-order valence-corrected chi connectivity index (χ0v) is 15.7. The molecule has 28 heavy (non-hydrogen) atoms. The number of esters is 1. The van der Waals surface area contributed by atoms with E-state index >= 15 is 0 Å². The molecule has 154 valence electrons. The van der Waals surface area contributed by atoms with Crippen LogP contribution in [0.2, 0.25) is 0 Å². The van der Waals surface area contributed by atoms with Crippen LogP contribution in [0.1, 0.15) is 25.8 Å². The molecule has 0 aliphatic heterocycles. The van der Waals surface area contributed by atoms with Gasteiger partial charge in [-0.1, -0.05) is 30.3 Å². The fourth-order valence-electron chi connectivity index (χ4n) is 1.98. The van der Waals surface area contributed by atoms with E-state index in [-0.39, 0.29) is 6.61 Å². The quantitative estimate of drug-likeness (QED) is 0.340. The molecular formula is C19H25NO8. The second-order valence-electron chi connectivity index (χ2n) is 5.57. The van der Waals surface area contributed by atoms with Crippen molar-refractivity contribution >= 4 is 23.9 Å². The highest BCUT2D eigenvalue weighted by Gasteiger charge is 2.24. The molecule has 9 nitrogen and oxygen atoms in total. The van der Waals surface area contributed by atoms with Gasteiger partial charge in [-0.25, -0.2) is 9.59 Å². The topological polar surface area (TPSA) is 150 Å².